The van der Waals surface area contributed by atoms with Crippen molar-refractivity contribution in [1.29, 1.82) is 0 Å². The van der Waals surface area contributed by atoms with Crippen LogP contribution in [0.5, 0.6) is 17.2 Å². The van der Waals surface area contributed by atoms with Crippen LogP contribution in [0.25, 0.3) is 11.1 Å². The van der Waals surface area contributed by atoms with Gasteiger partial charge in [-0.2, -0.15) is 0 Å². The van der Waals surface area contributed by atoms with Crippen molar-refractivity contribution in [3.63, 3.8) is 0 Å². The fraction of sp³-hybridized carbons (Fsp3) is 0.429. The average molecular weight is 341 g/mol. The molecule has 1 fully saturated rings. The minimum Gasteiger partial charge on any atom is -0.497 e. The largest absolute Gasteiger partial charge is 0.497 e. The third-order valence-corrected chi connectivity index (χ3v) is 4.69. The predicted octanol–water partition coefficient (Wildman–Crippen LogP) is 4.28. The van der Waals surface area contributed by atoms with Gasteiger partial charge in [-0.25, -0.2) is 0 Å². The van der Waals surface area contributed by atoms with Crippen LogP contribution in [0.4, 0.5) is 0 Å². The molecule has 1 saturated heterocycles. The van der Waals surface area contributed by atoms with Gasteiger partial charge in [-0.1, -0.05) is 18.6 Å². The predicted molar refractivity (Wildman–Crippen MR) is 101 cm³/mol. The topological polar surface area (TPSA) is 39.7 Å². The van der Waals surface area contributed by atoms with Crippen molar-refractivity contribution in [3.05, 3.63) is 42.5 Å². The van der Waals surface area contributed by atoms with Crippen molar-refractivity contribution in [2.75, 3.05) is 27.4 Å². The van der Waals surface area contributed by atoms with Crippen LogP contribution < -0.4 is 19.5 Å². The van der Waals surface area contributed by atoms with Crippen molar-refractivity contribution in [2.45, 2.75) is 31.7 Å². The molecule has 134 valence electrons. The van der Waals surface area contributed by atoms with Crippen LogP contribution >= 0.6 is 0 Å². The molecular formula is C21H27NO3. The molecule has 4 nitrogen and oxygen atoms in total. The van der Waals surface area contributed by atoms with E-state index in [0.29, 0.717) is 12.6 Å². The molecule has 1 unspecified atom stereocenters. The summed E-state index contributed by atoms with van der Waals surface area (Å²) in [6, 6.07) is 14.6. The summed E-state index contributed by atoms with van der Waals surface area (Å²) in [4.78, 5) is 0. The van der Waals surface area contributed by atoms with Crippen molar-refractivity contribution in [2.24, 2.45) is 0 Å². The fourth-order valence-electron chi connectivity index (χ4n) is 3.21. The number of hydrogen-bond acceptors (Lipinski definition) is 4. The van der Waals surface area contributed by atoms with E-state index in [0.717, 1.165) is 41.3 Å². The van der Waals surface area contributed by atoms with Gasteiger partial charge < -0.3 is 19.5 Å². The molecule has 1 N–H and O–H groups in total. The first kappa shape index (κ1) is 17.6. The Hall–Kier alpha value is -2.20. The lowest BCUT2D eigenvalue weighted by molar-refractivity contribution is 0.267. The fourth-order valence-corrected chi connectivity index (χ4v) is 3.21. The molecule has 0 aromatic heterocycles. The second-order valence-corrected chi connectivity index (χ2v) is 6.41. The Bertz CT molecular complexity index is 663. The third-order valence-electron chi connectivity index (χ3n) is 4.69. The molecule has 2 aromatic carbocycles. The Labute approximate surface area is 150 Å². The molecule has 0 amide bonds. The van der Waals surface area contributed by atoms with Crippen LogP contribution in [0.3, 0.4) is 0 Å². The van der Waals surface area contributed by atoms with Gasteiger partial charge in [0.15, 0.2) is 0 Å². The van der Waals surface area contributed by atoms with Crippen LogP contribution in [0.2, 0.25) is 0 Å². The molecule has 3 rings (SSSR count). The van der Waals surface area contributed by atoms with Crippen molar-refractivity contribution in [3.8, 4) is 28.4 Å². The number of hydrogen-bond donors (Lipinski definition) is 1. The third kappa shape index (κ3) is 4.89. The zero-order chi connectivity index (χ0) is 17.5. The van der Waals surface area contributed by atoms with Gasteiger partial charge >= 0.3 is 0 Å². The summed E-state index contributed by atoms with van der Waals surface area (Å²) in [6.07, 6.45) is 4.89. The Balaban J connectivity index is 1.68. The summed E-state index contributed by atoms with van der Waals surface area (Å²) in [5.41, 5.74) is 2.19. The average Bonchev–Trinajstić information content (AvgIpc) is 2.68. The maximum absolute atomic E-state index is 6.01. The Morgan fingerprint density at radius 2 is 1.64 bits per heavy atom. The van der Waals surface area contributed by atoms with E-state index >= 15 is 0 Å². The van der Waals surface area contributed by atoms with Gasteiger partial charge in [-0.05, 0) is 61.2 Å². The number of piperidine rings is 1. The van der Waals surface area contributed by atoms with Crippen molar-refractivity contribution < 1.29 is 14.2 Å². The standard InChI is InChI=1S/C21H27NO3/c1-23-19-8-6-16(7-9-19)17-13-20(24-2)15-21(14-17)25-12-10-18-5-3-4-11-22-18/h6-9,13-15,18,22H,3-5,10-12H2,1-2H3. The minimum atomic E-state index is 0.584. The number of ether oxygens (including phenoxy) is 3. The molecule has 4 heteroatoms. The molecule has 0 bridgehead atoms. The highest BCUT2D eigenvalue weighted by molar-refractivity contribution is 5.67. The molecule has 25 heavy (non-hydrogen) atoms. The molecular weight excluding hydrogens is 314 g/mol. The second-order valence-electron chi connectivity index (χ2n) is 6.41. The van der Waals surface area contributed by atoms with Crippen LogP contribution in [-0.2, 0) is 0 Å². The Kier molecular flexibility index (Phi) is 6.18. The SMILES string of the molecule is COc1ccc(-c2cc(OC)cc(OCCC3CCCCN3)c2)cc1. The zero-order valence-corrected chi connectivity index (χ0v) is 15.1. The van der Waals surface area contributed by atoms with Gasteiger partial charge in [0.05, 0.1) is 20.8 Å². The highest BCUT2D eigenvalue weighted by Crippen LogP contribution is 2.31. The van der Waals surface area contributed by atoms with Gasteiger partial charge in [0.25, 0.3) is 0 Å². The number of methoxy groups -OCH3 is 2. The summed E-state index contributed by atoms with van der Waals surface area (Å²) >= 11 is 0. The van der Waals surface area contributed by atoms with Crippen LogP contribution in [0.1, 0.15) is 25.7 Å². The van der Waals surface area contributed by atoms with Crippen molar-refractivity contribution >= 4 is 0 Å². The number of nitrogens with one attached hydrogen (secondary N) is 1. The van der Waals surface area contributed by atoms with Crippen LogP contribution in [-0.4, -0.2) is 33.4 Å². The maximum Gasteiger partial charge on any atom is 0.123 e. The lowest BCUT2D eigenvalue weighted by Gasteiger charge is -2.23. The summed E-state index contributed by atoms with van der Waals surface area (Å²) in [5, 5.41) is 3.56. The van der Waals surface area contributed by atoms with E-state index in [2.05, 4.69) is 11.4 Å². The molecule has 0 spiro atoms. The molecule has 1 aliphatic heterocycles. The van der Waals surface area contributed by atoms with E-state index in [1.165, 1.54) is 19.3 Å². The Morgan fingerprint density at radius 3 is 2.32 bits per heavy atom. The van der Waals surface area contributed by atoms with Gasteiger partial charge in [0, 0.05) is 12.1 Å². The smallest absolute Gasteiger partial charge is 0.123 e. The minimum absolute atomic E-state index is 0.584. The van der Waals surface area contributed by atoms with E-state index in [-0.39, 0.29) is 0 Å². The molecule has 2 aromatic rings. The van der Waals surface area contributed by atoms with Gasteiger partial charge in [-0.15, -0.1) is 0 Å². The molecule has 0 radical (unpaired) electrons. The summed E-state index contributed by atoms with van der Waals surface area (Å²) < 4.78 is 16.7. The van der Waals surface area contributed by atoms with Gasteiger partial charge in [-0.3, -0.25) is 0 Å². The van der Waals surface area contributed by atoms with Gasteiger partial charge in [0.1, 0.15) is 17.2 Å². The second kappa shape index (κ2) is 8.77. The first-order valence-electron chi connectivity index (χ1n) is 8.98. The molecule has 0 saturated carbocycles. The zero-order valence-electron chi connectivity index (χ0n) is 15.1. The molecule has 1 aliphatic rings. The maximum atomic E-state index is 6.01. The Morgan fingerprint density at radius 1 is 0.880 bits per heavy atom. The summed E-state index contributed by atoms with van der Waals surface area (Å²) in [5.74, 6) is 2.50. The van der Waals surface area contributed by atoms with E-state index < -0.39 is 0 Å². The monoisotopic (exact) mass is 341 g/mol. The van der Waals surface area contributed by atoms with Crippen LogP contribution in [0.15, 0.2) is 42.5 Å². The first-order chi connectivity index (χ1) is 12.3. The lowest BCUT2D eigenvalue weighted by Crippen LogP contribution is -2.35. The highest BCUT2D eigenvalue weighted by Gasteiger charge is 2.12. The van der Waals surface area contributed by atoms with E-state index in [4.69, 9.17) is 14.2 Å². The molecule has 1 atom stereocenters. The quantitative estimate of drug-likeness (QED) is 0.816. The first-order valence-corrected chi connectivity index (χ1v) is 8.98. The highest BCUT2D eigenvalue weighted by atomic mass is 16.5. The number of rotatable bonds is 7. The summed E-state index contributed by atoms with van der Waals surface area (Å²) in [6.45, 7) is 1.85. The van der Waals surface area contributed by atoms with Crippen LogP contribution in [0, 0.1) is 0 Å². The van der Waals surface area contributed by atoms with Crippen molar-refractivity contribution in [1.82, 2.24) is 5.32 Å². The lowest BCUT2D eigenvalue weighted by atomic mass is 10.0. The van der Waals surface area contributed by atoms with E-state index in [1.54, 1.807) is 14.2 Å². The molecule has 1 heterocycles. The molecule has 0 aliphatic carbocycles. The van der Waals surface area contributed by atoms with E-state index in [9.17, 15) is 0 Å². The van der Waals surface area contributed by atoms with E-state index in [1.807, 2.05) is 36.4 Å². The summed E-state index contributed by atoms with van der Waals surface area (Å²) in [7, 11) is 3.36. The number of benzene rings is 2. The normalized spacial score (nSPS) is 17.1. The van der Waals surface area contributed by atoms with Gasteiger partial charge in [0.2, 0.25) is 0 Å².